The Morgan fingerprint density at radius 2 is 1.86 bits per heavy atom. The SMILES string of the molecule is Cc1nc(C(=O)NCC(F)F)sc1C(=O)NC[C@@H](C)C(=O)N[C@@H]1C(=O)N2CCCN2Cc2ccccc21. The number of hydrazine groups is 1. The molecular formula is C24H28F2N6O4S. The quantitative estimate of drug-likeness (QED) is 0.473. The van der Waals surface area contributed by atoms with Gasteiger partial charge in [0.25, 0.3) is 24.1 Å². The number of carbonyl (C=O) groups is 4. The van der Waals surface area contributed by atoms with Crippen molar-refractivity contribution in [1.82, 2.24) is 31.0 Å². The van der Waals surface area contributed by atoms with Gasteiger partial charge in [-0.05, 0) is 24.5 Å². The number of hydrogen-bond donors (Lipinski definition) is 3. The number of halogens is 2. The molecule has 2 aliphatic rings. The van der Waals surface area contributed by atoms with Crippen LogP contribution >= 0.6 is 11.3 Å². The lowest BCUT2D eigenvalue weighted by Gasteiger charge is -2.28. The van der Waals surface area contributed by atoms with E-state index in [4.69, 9.17) is 0 Å². The summed E-state index contributed by atoms with van der Waals surface area (Å²) in [6.07, 6.45) is -1.83. The molecule has 0 aliphatic carbocycles. The number of fused-ring (bicyclic) bond motifs is 2. The molecule has 0 radical (unpaired) electrons. The van der Waals surface area contributed by atoms with Gasteiger partial charge in [-0.15, -0.1) is 11.3 Å². The van der Waals surface area contributed by atoms with Crippen molar-refractivity contribution >= 4 is 35.0 Å². The van der Waals surface area contributed by atoms with Gasteiger partial charge in [0, 0.05) is 26.2 Å². The monoisotopic (exact) mass is 534 g/mol. The second kappa shape index (κ2) is 11.3. The van der Waals surface area contributed by atoms with Crippen molar-refractivity contribution in [1.29, 1.82) is 0 Å². The standard InChI is InChI=1S/C24H28F2N6O4S/c1-13(10-27-21(34)19-14(2)29-23(37-19)22(35)28-11-17(25)26)20(33)30-18-16-7-4-3-6-15(16)12-31-8-5-9-32(31)24(18)36/h3-4,6-7,13,17-18H,5,8-12H2,1-2H3,(H,27,34)(H,28,35)(H,30,33)/t13-,18+/m1/s1. The zero-order chi connectivity index (χ0) is 26.7. The summed E-state index contributed by atoms with van der Waals surface area (Å²) < 4.78 is 24.7. The number of aromatic nitrogens is 1. The number of hydrogen-bond acceptors (Lipinski definition) is 7. The van der Waals surface area contributed by atoms with Gasteiger partial charge in [-0.25, -0.2) is 18.8 Å². The topological polar surface area (TPSA) is 124 Å². The Morgan fingerprint density at radius 3 is 2.62 bits per heavy atom. The first-order valence-electron chi connectivity index (χ1n) is 11.9. The molecule has 0 saturated carbocycles. The number of aryl methyl sites for hydroxylation is 1. The highest BCUT2D eigenvalue weighted by molar-refractivity contribution is 7.15. The number of rotatable bonds is 8. The van der Waals surface area contributed by atoms with Crippen LogP contribution in [0.3, 0.4) is 0 Å². The van der Waals surface area contributed by atoms with Crippen LogP contribution < -0.4 is 16.0 Å². The van der Waals surface area contributed by atoms with Gasteiger partial charge in [-0.3, -0.25) is 24.2 Å². The Hall–Kier alpha value is -3.45. The molecule has 37 heavy (non-hydrogen) atoms. The number of nitrogens with zero attached hydrogens (tertiary/aromatic N) is 3. The van der Waals surface area contributed by atoms with E-state index in [1.54, 1.807) is 11.9 Å². The molecule has 2 aliphatic heterocycles. The number of carbonyl (C=O) groups excluding carboxylic acids is 4. The van der Waals surface area contributed by atoms with Gasteiger partial charge in [-0.2, -0.15) is 0 Å². The van der Waals surface area contributed by atoms with E-state index in [2.05, 4.69) is 20.9 Å². The van der Waals surface area contributed by atoms with E-state index in [-0.39, 0.29) is 28.0 Å². The van der Waals surface area contributed by atoms with Crippen molar-refractivity contribution in [2.24, 2.45) is 5.92 Å². The van der Waals surface area contributed by atoms with Crippen molar-refractivity contribution in [3.05, 3.63) is 51.0 Å². The van der Waals surface area contributed by atoms with Crippen molar-refractivity contribution in [2.45, 2.75) is 39.3 Å². The predicted octanol–water partition coefficient (Wildman–Crippen LogP) is 1.63. The third kappa shape index (κ3) is 5.93. The van der Waals surface area contributed by atoms with Gasteiger partial charge in [0.2, 0.25) is 5.91 Å². The molecule has 1 aromatic heterocycles. The average molecular weight is 535 g/mol. The van der Waals surface area contributed by atoms with Gasteiger partial charge in [0.15, 0.2) is 5.01 Å². The predicted molar refractivity (Wildman–Crippen MR) is 131 cm³/mol. The number of amides is 4. The van der Waals surface area contributed by atoms with Crippen LogP contribution in [0.15, 0.2) is 24.3 Å². The minimum absolute atomic E-state index is 0.0205. The molecule has 4 amide bonds. The molecule has 0 spiro atoms. The summed E-state index contributed by atoms with van der Waals surface area (Å²) in [6.45, 7) is 4.30. The minimum atomic E-state index is -2.70. The maximum absolute atomic E-state index is 13.3. The Kier molecular flexibility index (Phi) is 8.13. The maximum atomic E-state index is 13.3. The normalized spacial score (nSPS) is 18.1. The smallest absolute Gasteiger partial charge is 0.280 e. The largest absolute Gasteiger partial charge is 0.350 e. The molecule has 2 atom stereocenters. The summed E-state index contributed by atoms with van der Waals surface area (Å²) in [5, 5.41) is 11.2. The van der Waals surface area contributed by atoms with Gasteiger partial charge in [-0.1, -0.05) is 31.2 Å². The molecular weight excluding hydrogens is 506 g/mol. The molecule has 1 fully saturated rings. The Bertz CT molecular complexity index is 1210. The zero-order valence-electron chi connectivity index (χ0n) is 20.4. The summed E-state index contributed by atoms with van der Waals surface area (Å²) in [6, 6.07) is 6.70. The number of benzene rings is 1. The van der Waals surface area contributed by atoms with Crippen LogP contribution in [0.2, 0.25) is 0 Å². The number of alkyl halides is 2. The Labute approximate surface area is 216 Å². The summed E-state index contributed by atoms with van der Waals surface area (Å²) >= 11 is 0.784. The summed E-state index contributed by atoms with van der Waals surface area (Å²) in [7, 11) is 0. The highest BCUT2D eigenvalue weighted by Gasteiger charge is 2.38. The van der Waals surface area contributed by atoms with E-state index < -0.39 is 42.7 Å². The summed E-state index contributed by atoms with van der Waals surface area (Å²) in [4.78, 5) is 55.1. The average Bonchev–Trinajstić information content (AvgIpc) is 3.48. The lowest BCUT2D eigenvalue weighted by Crippen LogP contribution is -2.47. The first kappa shape index (κ1) is 26.6. The van der Waals surface area contributed by atoms with Crippen LogP contribution in [-0.4, -0.2) is 71.2 Å². The van der Waals surface area contributed by atoms with E-state index in [0.717, 1.165) is 35.4 Å². The molecule has 3 heterocycles. The van der Waals surface area contributed by atoms with E-state index in [0.29, 0.717) is 13.1 Å². The summed E-state index contributed by atoms with van der Waals surface area (Å²) in [5.74, 6) is -2.57. The molecule has 1 saturated heterocycles. The minimum Gasteiger partial charge on any atom is -0.350 e. The van der Waals surface area contributed by atoms with Crippen molar-refractivity contribution in [2.75, 3.05) is 26.2 Å². The van der Waals surface area contributed by atoms with Crippen LogP contribution in [0, 0.1) is 12.8 Å². The number of nitrogens with one attached hydrogen (secondary N) is 3. The molecule has 4 rings (SSSR count). The molecule has 0 bridgehead atoms. The first-order chi connectivity index (χ1) is 17.7. The third-order valence-corrected chi connectivity index (χ3v) is 7.42. The molecule has 1 aromatic carbocycles. The Balaban J connectivity index is 1.38. The third-order valence-electron chi connectivity index (χ3n) is 6.26. The molecule has 10 nitrogen and oxygen atoms in total. The van der Waals surface area contributed by atoms with Gasteiger partial charge in [0.05, 0.1) is 18.2 Å². The Morgan fingerprint density at radius 1 is 1.14 bits per heavy atom. The zero-order valence-corrected chi connectivity index (χ0v) is 21.2. The fourth-order valence-electron chi connectivity index (χ4n) is 4.31. The van der Waals surface area contributed by atoms with Crippen LogP contribution in [-0.2, 0) is 16.1 Å². The fourth-order valence-corrected chi connectivity index (χ4v) is 5.21. The second-order valence-electron chi connectivity index (χ2n) is 8.99. The van der Waals surface area contributed by atoms with Crippen LogP contribution in [0.25, 0.3) is 0 Å². The van der Waals surface area contributed by atoms with E-state index >= 15 is 0 Å². The van der Waals surface area contributed by atoms with Crippen LogP contribution in [0.1, 0.15) is 55.7 Å². The van der Waals surface area contributed by atoms with Crippen molar-refractivity contribution in [3.63, 3.8) is 0 Å². The van der Waals surface area contributed by atoms with Gasteiger partial charge in [0.1, 0.15) is 10.9 Å². The van der Waals surface area contributed by atoms with E-state index in [1.165, 1.54) is 6.92 Å². The summed E-state index contributed by atoms with van der Waals surface area (Å²) in [5.41, 5.74) is 2.00. The van der Waals surface area contributed by atoms with Gasteiger partial charge < -0.3 is 16.0 Å². The maximum Gasteiger partial charge on any atom is 0.280 e. The lowest BCUT2D eigenvalue weighted by molar-refractivity contribution is -0.148. The van der Waals surface area contributed by atoms with E-state index in [9.17, 15) is 28.0 Å². The lowest BCUT2D eigenvalue weighted by atomic mass is 9.99. The number of thiazole rings is 1. The first-order valence-corrected chi connectivity index (χ1v) is 12.7. The van der Waals surface area contributed by atoms with Gasteiger partial charge >= 0.3 is 0 Å². The van der Waals surface area contributed by atoms with Crippen LogP contribution in [0.4, 0.5) is 8.78 Å². The molecule has 2 aromatic rings. The van der Waals surface area contributed by atoms with Crippen molar-refractivity contribution < 1.29 is 28.0 Å². The molecule has 3 N–H and O–H groups in total. The molecule has 13 heteroatoms. The molecule has 0 unspecified atom stereocenters. The van der Waals surface area contributed by atoms with E-state index in [1.807, 2.05) is 29.3 Å². The fraction of sp³-hybridized carbons (Fsp3) is 0.458. The van der Waals surface area contributed by atoms with Crippen molar-refractivity contribution in [3.8, 4) is 0 Å². The molecule has 198 valence electrons. The second-order valence-corrected chi connectivity index (χ2v) is 9.99. The van der Waals surface area contributed by atoms with Crippen LogP contribution in [0.5, 0.6) is 0 Å². The highest BCUT2D eigenvalue weighted by Crippen LogP contribution is 2.29. The highest BCUT2D eigenvalue weighted by atomic mass is 32.1.